The van der Waals surface area contributed by atoms with E-state index in [0.717, 1.165) is 5.56 Å². The van der Waals surface area contributed by atoms with E-state index < -0.39 is 9.05 Å². The highest BCUT2D eigenvalue weighted by Crippen LogP contribution is 2.36. The third-order valence-corrected chi connectivity index (χ3v) is 4.54. The van der Waals surface area contributed by atoms with Crippen LogP contribution in [0.5, 0.6) is 5.75 Å². The summed E-state index contributed by atoms with van der Waals surface area (Å²) in [5.74, 6) is 0.696. The Morgan fingerprint density at radius 3 is 2.29 bits per heavy atom. The number of benzene rings is 1. The summed E-state index contributed by atoms with van der Waals surface area (Å²) in [6.07, 6.45) is 1.98. The summed E-state index contributed by atoms with van der Waals surface area (Å²) in [5, 5.41) is 0. The van der Waals surface area contributed by atoms with Crippen LogP contribution < -0.4 is 4.74 Å². The molecule has 0 saturated heterocycles. The van der Waals surface area contributed by atoms with Gasteiger partial charge in [-0.25, -0.2) is 8.42 Å². The molecule has 0 heterocycles. The zero-order valence-corrected chi connectivity index (χ0v) is 15.0. The summed E-state index contributed by atoms with van der Waals surface area (Å²) < 4.78 is 29.1. The molecule has 0 amide bonds. The number of hydrogen-bond acceptors (Lipinski definition) is 3. The molecule has 0 saturated carbocycles. The van der Waals surface area contributed by atoms with Crippen molar-refractivity contribution in [3.05, 3.63) is 34.9 Å². The quantitative estimate of drug-likeness (QED) is 0.600. The second-order valence-electron chi connectivity index (χ2n) is 6.39. The van der Waals surface area contributed by atoms with Crippen molar-refractivity contribution >= 4 is 19.7 Å². The molecule has 1 aromatic rings. The van der Waals surface area contributed by atoms with E-state index in [1.54, 1.807) is 19.1 Å². The van der Waals surface area contributed by atoms with Crippen molar-refractivity contribution in [1.82, 2.24) is 0 Å². The van der Waals surface area contributed by atoms with Crippen LogP contribution in [0, 0.1) is 6.92 Å². The van der Waals surface area contributed by atoms with Gasteiger partial charge in [0.05, 0.1) is 4.90 Å². The molecule has 0 aromatic heterocycles. The monoisotopic (exact) mass is 330 g/mol. The fraction of sp³-hybridized carbons (Fsp3) is 0.500. The van der Waals surface area contributed by atoms with E-state index in [9.17, 15) is 8.42 Å². The fourth-order valence-corrected chi connectivity index (χ4v) is 3.13. The average molecular weight is 331 g/mol. The molecular weight excluding hydrogens is 308 g/mol. The number of rotatable bonds is 4. The highest BCUT2D eigenvalue weighted by atomic mass is 35.7. The molecule has 21 heavy (non-hydrogen) atoms. The van der Waals surface area contributed by atoms with E-state index in [2.05, 4.69) is 0 Å². The van der Waals surface area contributed by atoms with Crippen molar-refractivity contribution in [3.63, 3.8) is 0 Å². The Hall–Kier alpha value is -1.00. The lowest BCUT2D eigenvalue weighted by Crippen LogP contribution is -2.15. The minimum atomic E-state index is -3.76. The molecule has 0 spiro atoms. The van der Waals surface area contributed by atoms with Crippen LogP contribution >= 0.6 is 10.7 Å². The Balaban J connectivity index is 3.37. The molecule has 118 valence electrons. The lowest BCUT2D eigenvalue weighted by molar-refractivity contribution is 0.349. The van der Waals surface area contributed by atoms with Gasteiger partial charge in [0.25, 0.3) is 9.05 Å². The minimum Gasteiger partial charge on any atom is -0.489 e. The van der Waals surface area contributed by atoms with Crippen LogP contribution in [-0.4, -0.2) is 15.0 Å². The molecule has 0 aliphatic heterocycles. The van der Waals surface area contributed by atoms with Crippen LogP contribution in [0.2, 0.25) is 0 Å². The first kappa shape index (κ1) is 18.1. The second-order valence-corrected chi connectivity index (χ2v) is 8.93. The van der Waals surface area contributed by atoms with Gasteiger partial charge in [0, 0.05) is 16.2 Å². The fourth-order valence-electron chi connectivity index (χ4n) is 1.93. The average Bonchev–Trinajstić information content (AvgIpc) is 2.24. The predicted octanol–water partition coefficient (Wildman–Crippen LogP) is 4.57. The van der Waals surface area contributed by atoms with Gasteiger partial charge in [-0.05, 0) is 50.0 Å². The van der Waals surface area contributed by atoms with E-state index in [1.807, 2.05) is 40.7 Å². The smallest absolute Gasteiger partial charge is 0.261 e. The molecule has 0 radical (unpaired) electrons. The van der Waals surface area contributed by atoms with Crippen LogP contribution in [0.3, 0.4) is 0 Å². The summed E-state index contributed by atoms with van der Waals surface area (Å²) in [6, 6.07) is 3.37. The van der Waals surface area contributed by atoms with Gasteiger partial charge in [-0.1, -0.05) is 26.3 Å². The Kier molecular flexibility index (Phi) is 5.51. The second kappa shape index (κ2) is 6.41. The SMILES string of the molecule is CC(C)=CCOc1cc(C)c(S(=O)(=O)Cl)cc1C(C)(C)C. The van der Waals surface area contributed by atoms with Crippen molar-refractivity contribution in [2.75, 3.05) is 6.61 Å². The van der Waals surface area contributed by atoms with Crippen LogP contribution in [0.15, 0.2) is 28.7 Å². The number of halogens is 1. The first-order chi connectivity index (χ1) is 9.43. The molecule has 0 unspecified atom stereocenters. The van der Waals surface area contributed by atoms with Gasteiger partial charge in [0.1, 0.15) is 12.4 Å². The van der Waals surface area contributed by atoms with Crippen LogP contribution in [0.4, 0.5) is 0 Å². The number of hydrogen-bond donors (Lipinski definition) is 0. The molecular formula is C16H23ClO3S. The maximum absolute atomic E-state index is 11.7. The summed E-state index contributed by atoms with van der Waals surface area (Å²) >= 11 is 0. The number of ether oxygens (including phenoxy) is 1. The van der Waals surface area contributed by atoms with E-state index in [4.69, 9.17) is 15.4 Å². The molecule has 0 bridgehead atoms. The lowest BCUT2D eigenvalue weighted by atomic mass is 9.86. The minimum absolute atomic E-state index is 0.142. The first-order valence-corrected chi connectivity index (χ1v) is 9.10. The van der Waals surface area contributed by atoms with E-state index in [-0.39, 0.29) is 10.3 Å². The summed E-state index contributed by atoms with van der Waals surface area (Å²) in [4.78, 5) is 0.142. The van der Waals surface area contributed by atoms with Crippen LogP contribution in [0.1, 0.15) is 45.7 Å². The van der Waals surface area contributed by atoms with Crippen molar-refractivity contribution < 1.29 is 13.2 Å². The van der Waals surface area contributed by atoms with E-state index in [0.29, 0.717) is 17.9 Å². The molecule has 3 nitrogen and oxygen atoms in total. The summed E-state index contributed by atoms with van der Waals surface area (Å²) in [5.41, 5.74) is 2.34. The maximum atomic E-state index is 11.7. The van der Waals surface area contributed by atoms with Gasteiger partial charge in [0.2, 0.25) is 0 Å². The Bertz CT molecular complexity index is 649. The molecule has 0 aliphatic carbocycles. The Morgan fingerprint density at radius 2 is 1.86 bits per heavy atom. The Labute approximate surface area is 132 Å². The third-order valence-electron chi connectivity index (χ3n) is 3.08. The first-order valence-electron chi connectivity index (χ1n) is 6.79. The third kappa shape index (κ3) is 5.04. The topological polar surface area (TPSA) is 43.4 Å². The highest BCUT2D eigenvalue weighted by molar-refractivity contribution is 8.13. The normalized spacial score (nSPS) is 12.1. The molecule has 1 rings (SSSR count). The van der Waals surface area contributed by atoms with Crippen molar-refractivity contribution in [1.29, 1.82) is 0 Å². The zero-order chi connectivity index (χ0) is 16.4. The number of allylic oxidation sites excluding steroid dienone is 1. The van der Waals surface area contributed by atoms with Gasteiger partial charge in [0.15, 0.2) is 0 Å². The summed E-state index contributed by atoms with van der Waals surface area (Å²) in [6.45, 7) is 12.2. The summed E-state index contributed by atoms with van der Waals surface area (Å²) in [7, 11) is 1.74. The maximum Gasteiger partial charge on any atom is 0.261 e. The molecule has 1 aromatic carbocycles. The molecule has 0 atom stereocenters. The standard InChI is InChI=1S/C16H23ClO3S/c1-11(2)7-8-20-14-9-12(3)15(21(17,18)19)10-13(14)16(4,5)6/h7,9-10H,8H2,1-6H3. The molecule has 0 N–H and O–H groups in total. The highest BCUT2D eigenvalue weighted by Gasteiger charge is 2.24. The molecule has 0 aliphatic rings. The largest absolute Gasteiger partial charge is 0.489 e. The Morgan fingerprint density at radius 1 is 1.29 bits per heavy atom. The zero-order valence-electron chi connectivity index (χ0n) is 13.5. The molecule has 5 heteroatoms. The van der Waals surface area contributed by atoms with Crippen molar-refractivity contribution in [2.24, 2.45) is 0 Å². The van der Waals surface area contributed by atoms with E-state index in [1.165, 1.54) is 5.57 Å². The van der Waals surface area contributed by atoms with Crippen molar-refractivity contribution in [3.8, 4) is 5.75 Å². The lowest BCUT2D eigenvalue weighted by Gasteiger charge is -2.24. The van der Waals surface area contributed by atoms with Crippen molar-refractivity contribution in [2.45, 2.75) is 51.9 Å². The van der Waals surface area contributed by atoms with E-state index >= 15 is 0 Å². The van der Waals surface area contributed by atoms with Gasteiger partial charge in [-0.15, -0.1) is 0 Å². The van der Waals surface area contributed by atoms with Gasteiger partial charge in [-0.2, -0.15) is 0 Å². The molecule has 0 fully saturated rings. The predicted molar refractivity (Wildman–Crippen MR) is 87.8 cm³/mol. The van der Waals surface area contributed by atoms with Crippen LogP contribution in [0.25, 0.3) is 0 Å². The number of aryl methyl sites for hydroxylation is 1. The van der Waals surface area contributed by atoms with Crippen LogP contribution in [-0.2, 0) is 14.5 Å². The van der Waals surface area contributed by atoms with Gasteiger partial charge in [-0.3, -0.25) is 0 Å². The van der Waals surface area contributed by atoms with Gasteiger partial charge < -0.3 is 4.74 Å². The van der Waals surface area contributed by atoms with Gasteiger partial charge >= 0.3 is 0 Å².